The van der Waals surface area contributed by atoms with Crippen LogP contribution in [0.3, 0.4) is 0 Å². The number of halogens is 3. The van der Waals surface area contributed by atoms with E-state index in [1.807, 2.05) is 18.9 Å². The van der Waals surface area contributed by atoms with Crippen molar-refractivity contribution in [2.24, 2.45) is 0 Å². The summed E-state index contributed by atoms with van der Waals surface area (Å²) in [5.41, 5.74) is 1.92. The zero-order chi connectivity index (χ0) is 18.5. The molecular formula is C16H20F3NO3. The number of hydrogen-bond donors (Lipinski definition) is 0. The van der Waals surface area contributed by atoms with Gasteiger partial charge in [0.25, 0.3) is 0 Å². The zero-order valence-corrected chi connectivity index (χ0v) is 13.3. The van der Waals surface area contributed by atoms with Crippen LogP contribution in [-0.2, 0) is 9.59 Å². The van der Waals surface area contributed by atoms with Crippen LogP contribution in [0, 0.1) is 11.3 Å². The number of aldehydes is 1. The quantitative estimate of drug-likeness (QED) is 0.767. The van der Waals surface area contributed by atoms with Gasteiger partial charge in [0, 0.05) is 6.92 Å². The summed E-state index contributed by atoms with van der Waals surface area (Å²) in [6.45, 7) is 3.63. The van der Waals surface area contributed by atoms with Gasteiger partial charge in [-0.1, -0.05) is 0 Å². The number of hydrogen-bond acceptors (Lipinski definition) is 4. The minimum Gasteiger partial charge on any atom is -0.496 e. The van der Waals surface area contributed by atoms with Crippen LogP contribution in [0.25, 0.3) is 0 Å². The number of methoxy groups -OCH3 is 1. The lowest BCUT2D eigenvalue weighted by Gasteiger charge is -2.06. The topological polar surface area (TPSA) is 67.2 Å². The van der Waals surface area contributed by atoms with Crippen molar-refractivity contribution >= 4 is 13.1 Å². The van der Waals surface area contributed by atoms with Crippen LogP contribution in [0.15, 0.2) is 18.2 Å². The van der Waals surface area contributed by atoms with E-state index < -0.39 is 6.18 Å². The summed E-state index contributed by atoms with van der Waals surface area (Å²) in [6.07, 6.45) is -0.795. The van der Waals surface area contributed by atoms with Crippen LogP contribution in [0.1, 0.15) is 43.7 Å². The lowest BCUT2D eigenvalue weighted by atomic mass is 10.1. The van der Waals surface area contributed by atoms with E-state index in [1.54, 1.807) is 13.2 Å². The Labute approximate surface area is 133 Å². The van der Waals surface area contributed by atoms with Crippen molar-refractivity contribution in [3.05, 3.63) is 29.3 Å². The third-order valence-corrected chi connectivity index (χ3v) is 2.38. The van der Waals surface area contributed by atoms with E-state index in [0.29, 0.717) is 5.92 Å². The van der Waals surface area contributed by atoms with Crippen molar-refractivity contribution in [2.45, 2.75) is 38.8 Å². The monoisotopic (exact) mass is 331 g/mol. The first-order chi connectivity index (χ1) is 10.8. The van der Waals surface area contributed by atoms with Gasteiger partial charge in [-0.25, -0.2) is 0 Å². The molecule has 0 amide bonds. The number of benzene rings is 1. The predicted octanol–water partition coefficient (Wildman–Crippen LogP) is 4.03. The highest BCUT2D eigenvalue weighted by atomic mass is 19.4. The Morgan fingerprint density at radius 3 is 2.09 bits per heavy atom. The summed E-state index contributed by atoms with van der Waals surface area (Å²) in [7, 11) is 1.67. The molecule has 23 heavy (non-hydrogen) atoms. The molecule has 0 bridgehead atoms. The van der Waals surface area contributed by atoms with Gasteiger partial charge in [-0.15, -0.1) is 0 Å². The SMILES string of the molecule is C=O.CC(F)(F)F.CC=O.COc1ccc(C#N)cc1C1CC1. The molecule has 0 spiro atoms. The molecule has 1 aromatic carbocycles. The molecule has 4 nitrogen and oxygen atoms in total. The smallest absolute Gasteiger partial charge is 0.386 e. The number of nitriles is 1. The maximum absolute atomic E-state index is 10.4. The van der Waals surface area contributed by atoms with E-state index >= 15 is 0 Å². The van der Waals surface area contributed by atoms with Crippen LogP contribution in [0.5, 0.6) is 5.75 Å². The third-order valence-electron chi connectivity index (χ3n) is 2.38. The summed E-state index contributed by atoms with van der Waals surface area (Å²) in [4.78, 5) is 16.8. The Morgan fingerprint density at radius 2 is 1.78 bits per heavy atom. The Bertz CT molecular complexity index is 500. The normalized spacial score (nSPS) is 11.9. The molecule has 128 valence electrons. The molecule has 0 N–H and O–H groups in total. The van der Waals surface area contributed by atoms with Gasteiger partial charge in [0.05, 0.1) is 18.7 Å². The van der Waals surface area contributed by atoms with E-state index in [1.165, 1.54) is 25.3 Å². The summed E-state index contributed by atoms with van der Waals surface area (Å²) >= 11 is 0. The van der Waals surface area contributed by atoms with Crippen LogP contribution in [-0.4, -0.2) is 26.4 Å². The van der Waals surface area contributed by atoms with E-state index in [2.05, 4.69) is 6.07 Å². The van der Waals surface area contributed by atoms with Crippen molar-refractivity contribution in [2.75, 3.05) is 7.11 Å². The molecule has 0 saturated heterocycles. The Morgan fingerprint density at radius 1 is 1.35 bits per heavy atom. The average Bonchev–Trinajstić information content (AvgIpc) is 3.32. The largest absolute Gasteiger partial charge is 0.496 e. The van der Waals surface area contributed by atoms with Crippen LogP contribution < -0.4 is 4.74 Å². The van der Waals surface area contributed by atoms with Gasteiger partial charge < -0.3 is 14.3 Å². The second-order valence-electron chi connectivity index (χ2n) is 4.36. The minimum atomic E-state index is -4.00. The highest BCUT2D eigenvalue weighted by Gasteiger charge is 2.26. The van der Waals surface area contributed by atoms with Gasteiger partial charge in [-0.05, 0) is 49.4 Å². The summed E-state index contributed by atoms with van der Waals surface area (Å²) in [5, 5.41) is 8.74. The molecule has 0 radical (unpaired) electrons. The lowest BCUT2D eigenvalue weighted by Crippen LogP contribution is -1.95. The fraction of sp³-hybridized carbons (Fsp3) is 0.438. The molecule has 2 rings (SSSR count). The number of carbonyl (C=O) groups excluding carboxylic acids is 2. The highest BCUT2D eigenvalue weighted by molar-refractivity contribution is 5.45. The lowest BCUT2D eigenvalue weighted by molar-refractivity contribution is -0.110. The van der Waals surface area contributed by atoms with Gasteiger partial charge in [0.1, 0.15) is 18.8 Å². The van der Waals surface area contributed by atoms with Gasteiger partial charge >= 0.3 is 6.18 Å². The van der Waals surface area contributed by atoms with Crippen molar-refractivity contribution in [1.29, 1.82) is 5.26 Å². The molecule has 1 saturated carbocycles. The Hall–Kier alpha value is -2.36. The number of alkyl halides is 3. The number of carbonyl (C=O) groups is 2. The predicted molar refractivity (Wildman–Crippen MR) is 80.3 cm³/mol. The fourth-order valence-corrected chi connectivity index (χ4v) is 1.52. The maximum atomic E-state index is 10.4. The molecule has 0 heterocycles. The average molecular weight is 331 g/mol. The molecule has 1 fully saturated rings. The van der Waals surface area contributed by atoms with Gasteiger partial charge in [0.15, 0.2) is 0 Å². The van der Waals surface area contributed by atoms with Crippen LogP contribution in [0.2, 0.25) is 0 Å². The summed E-state index contributed by atoms with van der Waals surface area (Å²) in [5.74, 6) is 1.55. The standard InChI is InChI=1S/C11H11NO.C2H3F3.C2H4O.CH2O/c1-13-11-5-2-8(7-12)6-10(11)9-3-4-9;1-2(3,4)5;1-2-3;1-2/h2,5-6,9H,3-4H2,1H3;1H3;2H,1H3;1H2. The Kier molecular flexibility index (Phi) is 12.2. The van der Waals surface area contributed by atoms with Crippen molar-refractivity contribution in [3.8, 4) is 11.8 Å². The maximum Gasteiger partial charge on any atom is 0.386 e. The summed E-state index contributed by atoms with van der Waals surface area (Å²) in [6, 6.07) is 7.76. The van der Waals surface area contributed by atoms with E-state index in [0.717, 1.165) is 17.6 Å². The molecular weight excluding hydrogens is 311 g/mol. The molecule has 1 aliphatic carbocycles. The molecule has 7 heteroatoms. The van der Waals surface area contributed by atoms with Crippen molar-refractivity contribution in [1.82, 2.24) is 0 Å². The molecule has 1 aromatic rings. The second-order valence-corrected chi connectivity index (χ2v) is 4.36. The van der Waals surface area contributed by atoms with Gasteiger partial charge in [0.2, 0.25) is 0 Å². The molecule has 0 atom stereocenters. The molecule has 0 aliphatic heterocycles. The van der Waals surface area contributed by atoms with Gasteiger partial charge in [-0.2, -0.15) is 18.4 Å². The zero-order valence-electron chi connectivity index (χ0n) is 13.3. The first-order valence-electron chi connectivity index (χ1n) is 6.60. The minimum absolute atomic E-state index is 0.188. The number of ether oxygens (including phenoxy) is 1. The molecule has 0 unspecified atom stereocenters. The second kappa shape index (κ2) is 12.2. The van der Waals surface area contributed by atoms with E-state index in [4.69, 9.17) is 19.6 Å². The van der Waals surface area contributed by atoms with Crippen LogP contribution >= 0.6 is 0 Å². The number of nitrogens with zero attached hydrogens (tertiary/aromatic N) is 1. The first-order valence-corrected chi connectivity index (χ1v) is 6.60. The summed E-state index contributed by atoms with van der Waals surface area (Å²) < 4.78 is 36.3. The fourth-order valence-electron chi connectivity index (χ4n) is 1.52. The third kappa shape index (κ3) is 13.1. The van der Waals surface area contributed by atoms with Crippen LogP contribution in [0.4, 0.5) is 13.2 Å². The molecule has 0 aromatic heterocycles. The molecule has 1 aliphatic rings. The van der Waals surface area contributed by atoms with E-state index in [9.17, 15) is 13.2 Å². The van der Waals surface area contributed by atoms with Crippen molar-refractivity contribution in [3.63, 3.8) is 0 Å². The first kappa shape index (κ1) is 22.9. The number of rotatable bonds is 2. The Balaban J connectivity index is 0. The van der Waals surface area contributed by atoms with Crippen molar-refractivity contribution < 1.29 is 27.5 Å². The van der Waals surface area contributed by atoms with E-state index in [-0.39, 0.29) is 6.92 Å². The highest BCUT2D eigenvalue weighted by Crippen LogP contribution is 2.44. The van der Waals surface area contributed by atoms with Gasteiger partial charge in [-0.3, -0.25) is 0 Å².